The van der Waals surface area contributed by atoms with E-state index in [0.717, 1.165) is 42.9 Å². The minimum Gasteiger partial charge on any atom is -0.481 e. The molecule has 0 aromatic carbocycles. The average molecular weight is 335 g/mol. The van der Waals surface area contributed by atoms with Gasteiger partial charge in [0.05, 0.1) is 6.10 Å². The number of carbonyl (C=O) groups is 1. The quantitative estimate of drug-likeness (QED) is 0.783. The first-order valence-electron chi connectivity index (χ1n) is 10.2. The van der Waals surface area contributed by atoms with Crippen molar-refractivity contribution in [3.05, 3.63) is 0 Å². The molecule has 4 aliphatic rings. The van der Waals surface area contributed by atoms with Gasteiger partial charge in [0, 0.05) is 6.42 Å². The van der Waals surface area contributed by atoms with E-state index in [2.05, 4.69) is 13.8 Å². The van der Waals surface area contributed by atoms with Crippen molar-refractivity contribution in [2.75, 3.05) is 0 Å². The first-order chi connectivity index (χ1) is 11.3. The van der Waals surface area contributed by atoms with Crippen LogP contribution in [0, 0.1) is 40.4 Å². The number of rotatable bonds is 2. The van der Waals surface area contributed by atoms with Gasteiger partial charge in [-0.1, -0.05) is 13.8 Å². The number of aliphatic hydroxyl groups is 1. The van der Waals surface area contributed by atoms with Gasteiger partial charge < -0.3 is 10.2 Å². The van der Waals surface area contributed by atoms with Crippen LogP contribution in [0.4, 0.5) is 0 Å². The number of carboxylic acid groups (broad SMARTS) is 1. The molecule has 0 amide bonds. The van der Waals surface area contributed by atoms with Gasteiger partial charge in [-0.25, -0.2) is 0 Å². The molecule has 4 rings (SSSR count). The first-order valence-corrected chi connectivity index (χ1v) is 10.2. The van der Waals surface area contributed by atoms with Crippen LogP contribution in [-0.4, -0.2) is 22.3 Å². The molecule has 0 bridgehead atoms. The summed E-state index contributed by atoms with van der Waals surface area (Å²) in [6.07, 6.45) is 11.1. The summed E-state index contributed by atoms with van der Waals surface area (Å²) in [6, 6.07) is 0. The number of hydrogen-bond donors (Lipinski definition) is 2. The van der Waals surface area contributed by atoms with E-state index in [1.54, 1.807) is 0 Å². The van der Waals surface area contributed by atoms with Crippen molar-refractivity contribution in [3.8, 4) is 0 Å². The van der Waals surface area contributed by atoms with Gasteiger partial charge in [0.25, 0.3) is 0 Å². The second kappa shape index (κ2) is 5.72. The molecule has 0 saturated heterocycles. The third-order valence-corrected chi connectivity index (χ3v) is 9.19. The second-order valence-electron chi connectivity index (χ2n) is 10.0. The van der Waals surface area contributed by atoms with Gasteiger partial charge in [-0.05, 0) is 98.2 Å². The number of aliphatic hydroxyl groups excluding tert-OH is 1. The van der Waals surface area contributed by atoms with Gasteiger partial charge in [0.15, 0.2) is 0 Å². The van der Waals surface area contributed by atoms with Crippen molar-refractivity contribution in [1.29, 1.82) is 0 Å². The molecule has 0 heterocycles. The van der Waals surface area contributed by atoms with Crippen molar-refractivity contribution in [2.24, 2.45) is 40.4 Å². The van der Waals surface area contributed by atoms with Crippen molar-refractivity contribution >= 4 is 5.97 Å². The molecule has 8 atom stereocenters. The Bertz CT molecular complexity index is 517. The van der Waals surface area contributed by atoms with Crippen LogP contribution in [0.3, 0.4) is 0 Å². The van der Waals surface area contributed by atoms with E-state index in [1.165, 1.54) is 38.5 Å². The Morgan fingerprint density at radius 1 is 0.958 bits per heavy atom. The summed E-state index contributed by atoms with van der Waals surface area (Å²) in [5.41, 5.74) is 0.595. The molecule has 4 aliphatic carbocycles. The van der Waals surface area contributed by atoms with Gasteiger partial charge >= 0.3 is 5.97 Å². The Balaban J connectivity index is 1.53. The first kappa shape index (κ1) is 16.9. The zero-order valence-electron chi connectivity index (χ0n) is 15.3. The van der Waals surface area contributed by atoms with Gasteiger partial charge in [-0.2, -0.15) is 0 Å². The predicted octanol–water partition coefficient (Wildman–Crippen LogP) is 4.48. The number of fused-ring (bicyclic) bond motifs is 5. The lowest BCUT2D eigenvalue weighted by atomic mass is 9.44. The lowest BCUT2D eigenvalue weighted by molar-refractivity contribution is -0.142. The molecule has 3 heteroatoms. The van der Waals surface area contributed by atoms with Crippen LogP contribution in [0.15, 0.2) is 0 Å². The SMILES string of the molecule is C[C@]12CC[C@@H](CC(=O)O)C[C@@H]1CC[C@@H]1[C@@H]2CC[C@]2(C)[C@@H](O)CC[C@@H]12. The molecule has 0 aromatic heterocycles. The maximum absolute atomic E-state index is 11.1. The Labute approximate surface area is 146 Å². The average Bonchev–Trinajstić information content (AvgIpc) is 2.83. The van der Waals surface area contributed by atoms with E-state index in [9.17, 15) is 9.90 Å². The highest BCUT2D eigenvalue weighted by molar-refractivity contribution is 5.67. The summed E-state index contributed by atoms with van der Waals surface area (Å²) in [6.45, 7) is 4.88. The summed E-state index contributed by atoms with van der Waals surface area (Å²) < 4.78 is 0. The van der Waals surface area contributed by atoms with Crippen molar-refractivity contribution in [3.63, 3.8) is 0 Å². The normalized spacial score (nSPS) is 53.8. The fraction of sp³-hybridized carbons (Fsp3) is 0.952. The Morgan fingerprint density at radius 3 is 2.42 bits per heavy atom. The minimum absolute atomic E-state index is 0.0831. The van der Waals surface area contributed by atoms with Gasteiger partial charge in [0.1, 0.15) is 0 Å². The number of hydrogen-bond acceptors (Lipinski definition) is 2. The number of carboxylic acids is 1. The van der Waals surface area contributed by atoms with Crippen molar-refractivity contribution in [1.82, 2.24) is 0 Å². The highest BCUT2D eigenvalue weighted by Gasteiger charge is 2.59. The number of aliphatic carboxylic acids is 1. The maximum Gasteiger partial charge on any atom is 0.303 e. The fourth-order valence-electron chi connectivity index (χ4n) is 7.75. The Kier molecular flexibility index (Phi) is 4.02. The lowest BCUT2D eigenvalue weighted by Gasteiger charge is -2.61. The molecule has 0 spiro atoms. The van der Waals surface area contributed by atoms with Gasteiger partial charge in [0.2, 0.25) is 0 Å². The predicted molar refractivity (Wildman–Crippen MR) is 93.5 cm³/mol. The standard InChI is InChI=1S/C21H34O3/c1-20-9-7-13(12-19(23)24)11-14(20)3-4-15-16-5-6-18(22)21(16,2)10-8-17(15)20/h13-18,22H,3-12H2,1-2H3,(H,23,24)/t13-,14+,15+,16+,17+,18+,20+,21+/m1/s1. The smallest absolute Gasteiger partial charge is 0.303 e. The van der Waals surface area contributed by atoms with Crippen LogP contribution in [0.5, 0.6) is 0 Å². The van der Waals surface area contributed by atoms with Crippen LogP contribution >= 0.6 is 0 Å². The molecular formula is C21H34O3. The molecule has 3 nitrogen and oxygen atoms in total. The largest absolute Gasteiger partial charge is 0.481 e. The van der Waals surface area contributed by atoms with E-state index in [4.69, 9.17) is 5.11 Å². The zero-order chi connectivity index (χ0) is 17.1. The topological polar surface area (TPSA) is 57.5 Å². The summed E-state index contributed by atoms with van der Waals surface area (Å²) in [5, 5.41) is 19.7. The minimum atomic E-state index is -0.620. The van der Waals surface area contributed by atoms with E-state index < -0.39 is 5.97 Å². The Hall–Kier alpha value is -0.570. The second-order valence-corrected chi connectivity index (χ2v) is 10.0. The summed E-state index contributed by atoms with van der Waals surface area (Å²) in [7, 11) is 0. The molecule has 0 aromatic rings. The van der Waals surface area contributed by atoms with Crippen LogP contribution in [0.1, 0.15) is 78.1 Å². The van der Waals surface area contributed by atoms with Gasteiger partial charge in [-0.3, -0.25) is 4.79 Å². The molecule has 2 N–H and O–H groups in total. The molecule has 4 saturated carbocycles. The molecule has 4 fully saturated rings. The third-order valence-electron chi connectivity index (χ3n) is 9.19. The van der Waals surface area contributed by atoms with E-state index in [1.807, 2.05) is 0 Å². The summed E-state index contributed by atoms with van der Waals surface area (Å²) in [4.78, 5) is 11.1. The van der Waals surface area contributed by atoms with E-state index in [-0.39, 0.29) is 11.5 Å². The zero-order valence-corrected chi connectivity index (χ0v) is 15.3. The lowest BCUT2D eigenvalue weighted by Crippen LogP contribution is -2.54. The fourth-order valence-corrected chi connectivity index (χ4v) is 7.75. The monoisotopic (exact) mass is 334 g/mol. The Morgan fingerprint density at radius 2 is 1.67 bits per heavy atom. The third kappa shape index (κ3) is 2.37. The van der Waals surface area contributed by atoms with Crippen molar-refractivity contribution in [2.45, 2.75) is 84.2 Å². The summed E-state index contributed by atoms with van der Waals surface area (Å²) in [5.74, 6) is 2.85. The van der Waals surface area contributed by atoms with Crippen LogP contribution in [-0.2, 0) is 4.79 Å². The van der Waals surface area contributed by atoms with Crippen LogP contribution < -0.4 is 0 Å². The van der Waals surface area contributed by atoms with Crippen molar-refractivity contribution < 1.29 is 15.0 Å². The molecule has 24 heavy (non-hydrogen) atoms. The summed E-state index contributed by atoms with van der Waals surface area (Å²) >= 11 is 0. The van der Waals surface area contributed by atoms with Crippen LogP contribution in [0.25, 0.3) is 0 Å². The highest BCUT2D eigenvalue weighted by Crippen LogP contribution is 2.66. The molecule has 0 unspecified atom stereocenters. The molecule has 136 valence electrons. The van der Waals surface area contributed by atoms with Crippen LogP contribution in [0.2, 0.25) is 0 Å². The molecular weight excluding hydrogens is 300 g/mol. The van der Waals surface area contributed by atoms with E-state index >= 15 is 0 Å². The molecule has 0 radical (unpaired) electrons. The maximum atomic E-state index is 11.1. The highest BCUT2D eigenvalue weighted by atomic mass is 16.4. The molecule has 0 aliphatic heterocycles. The van der Waals surface area contributed by atoms with E-state index in [0.29, 0.717) is 17.8 Å². The van der Waals surface area contributed by atoms with Gasteiger partial charge in [-0.15, -0.1) is 0 Å².